The lowest BCUT2D eigenvalue weighted by atomic mass is 10.0. The predicted molar refractivity (Wildman–Crippen MR) is 57.5 cm³/mol. The molecule has 1 aromatic rings. The Hall–Kier alpha value is -1.31. The van der Waals surface area contributed by atoms with Gasteiger partial charge in [-0.15, -0.1) is 0 Å². The van der Waals surface area contributed by atoms with Crippen LogP contribution < -0.4 is 0 Å². The third-order valence-electron chi connectivity index (χ3n) is 2.56. The summed E-state index contributed by atoms with van der Waals surface area (Å²) in [4.78, 5) is 0. The van der Waals surface area contributed by atoms with Crippen molar-refractivity contribution in [3.63, 3.8) is 0 Å². The van der Waals surface area contributed by atoms with Crippen LogP contribution in [-0.4, -0.2) is 16.0 Å². The lowest BCUT2D eigenvalue weighted by Crippen LogP contribution is -2.29. The molecule has 14 heavy (non-hydrogen) atoms. The molecule has 0 unspecified atom stereocenters. The second-order valence-corrected chi connectivity index (χ2v) is 4.05. The molecule has 0 amide bonds. The summed E-state index contributed by atoms with van der Waals surface area (Å²) in [5, 5.41) is 12.2. The van der Waals surface area contributed by atoms with Gasteiger partial charge in [-0.05, 0) is 12.1 Å². The fourth-order valence-electron chi connectivity index (χ4n) is 1.61. The topological polar surface area (TPSA) is 26.1 Å². The molecule has 0 aliphatic carbocycles. The number of nitrogens with zero attached hydrogens (tertiary/aromatic N) is 1. The van der Waals surface area contributed by atoms with Gasteiger partial charge in [0.1, 0.15) is 0 Å². The first-order valence-electron chi connectivity index (χ1n) is 7.09. The number of hydrogen-bond donors (Lipinski definition) is 0. The molecule has 0 fully saturated rings. The molecular formula is C12H15NO. The highest BCUT2D eigenvalue weighted by molar-refractivity contribution is 5.97. The zero-order chi connectivity index (χ0) is 14.5. The first-order chi connectivity index (χ1) is 8.68. The maximum absolute atomic E-state index is 12.2. The Morgan fingerprint density at radius 1 is 1.36 bits per heavy atom. The maximum atomic E-state index is 12.2. The van der Waals surface area contributed by atoms with Gasteiger partial charge in [0.25, 0.3) is 0 Å². The molecule has 1 aliphatic heterocycles. The SMILES string of the molecule is [2H]c1c([2H])c([2H])c(C2=[N+]([O-])C(C)(C)CC2)c([2H])c1[2H]. The van der Waals surface area contributed by atoms with Crippen molar-refractivity contribution in [3.8, 4) is 0 Å². The summed E-state index contributed by atoms with van der Waals surface area (Å²) in [6.07, 6.45) is 1.03. The standard InChI is InChI=1S/C12H15NO/c1-12(2)9-8-11(13(12)14)10-6-4-3-5-7-10/h3-7H,8-9H2,1-2H3/i3D,4D,5D,6D,7D. The average molecular weight is 194 g/mol. The lowest BCUT2D eigenvalue weighted by molar-refractivity contribution is -0.530. The van der Waals surface area contributed by atoms with Crippen LogP contribution in [0.4, 0.5) is 0 Å². The highest BCUT2D eigenvalue weighted by Gasteiger charge is 2.36. The van der Waals surface area contributed by atoms with Crippen molar-refractivity contribution < 1.29 is 11.6 Å². The van der Waals surface area contributed by atoms with Crippen LogP contribution in [0.3, 0.4) is 0 Å². The Balaban J connectivity index is 2.76. The molecule has 1 heterocycles. The fourth-order valence-corrected chi connectivity index (χ4v) is 1.61. The van der Waals surface area contributed by atoms with Gasteiger partial charge in [0, 0.05) is 32.3 Å². The van der Waals surface area contributed by atoms with Gasteiger partial charge in [0.05, 0.1) is 6.85 Å². The molecule has 2 rings (SSSR count). The van der Waals surface area contributed by atoms with Crippen molar-refractivity contribution in [3.05, 3.63) is 41.0 Å². The second-order valence-electron chi connectivity index (χ2n) is 4.05. The van der Waals surface area contributed by atoms with Gasteiger partial charge >= 0.3 is 0 Å². The second kappa shape index (κ2) is 3.12. The maximum Gasteiger partial charge on any atom is 0.195 e. The normalized spacial score (nSPS) is 25.1. The van der Waals surface area contributed by atoms with E-state index in [-0.39, 0.29) is 23.4 Å². The number of hydroxylamine groups is 1. The van der Waals surface area contributed by atoms with Crippen LogP contribution >= 0.6 is 0 Å². The first-order valence-corrected chi connectivity index (χ1v) is 4.59. The summed E-state index contributed by atoms with van der Waals surface area (Å²) in [6.45, 7) is 3.56. The molecule has 0 atom stereocenters. The van der Waals surface area contributed by atoms with Gasteiger partial charge in [-0.25, -0.2) is 4.74 Å². The van der Waals surface area contributed by atoms with E-state index in [0.717, 1.165) is 4.74 Å². The van der Waals surface area contributed by atoms with Crippen molar-refractivity contribution in [1.29, 1.82) is 0 Å². The molecule has 1 aromatic carbocycles. The molecule has 2 heteroatoms. The van der Waals surface area contributed by atoms with Crippen molar-refractivity contribution in [2.24, 2.45) is 0 Å². The third kappa shape index (κ3) is 1.41. The van der Waals surface area contributed by atoms with Gasteiger partial charge < -0.3 is 5.21 Å². The molecule has 0 saturated carbocycles. The van der Waals surface area contributed by atoms with Crippen LogP contribution in [0, 0.1) is 5.21 Å². The summed E-state index contributed by atoms with van der Waals surface area (Å²) in [7, 11) is 0. The minimum absolute atomic E-state index is 0.0339. The van der Waals surface area contributed by atoms with Crippen molar-refractivity contribution in [1.82, 2.24) is 0 Å². The molecule has 2 nitrogen and oxygen atoms in total. The van der Waals surface area contributed by atoms with Gasteiger partial charge in [0.2, 0.25) is 0 Å². The Kier molecular flexibility index (Phi) is 1.11. The smallest absolute Gasteiger partial charge is 0.195 e. The zero-order valence-corrected chi connectivity index (χ0v) is 8.27. The number of hydrogen-bond acceptors (Lipinski definition) is 1. The Labute approximate surface area is 91.5 Å². The Bertz CT molecular complexity index is 565. The van der Waals surface area contributed by atoms with Crippen molar-refractivity contribution >= 4 is 5.71 Å². The summed E-state index contributed by atoms with van der Waals surface area (Å²) in [5.41, 5.74) is -0.285. The Morgan fingerprint density at radius 3 is 2.50 bits per heavy atom. The molecule has 0 saturated heterocycles. The van der Waals surface area contributed by atoms with E-state index < -0.39 is 23.7 Å². The van der Waals surface area contributed by atoms with E-state index in [9.17, 15) is 5.21 Å². The number of benzene rings is 1. The largest absolute Gasteiger partial charge is 0.623 e. The van der Waals surface area contributed by atoms with Crippen LogP contribution in [-0.2, 0) is 0 Å². The molecular weight excluding hydrogens is 174 g/mol. The minimum Gasteiger partial charge on any atom is -0.623 e. The molecule has 74 valence electrons. The van der Waals surface area contributed by atoms with Gasteiger partial charge in [0.15, 0.2) is 11.3 Å². The van der Waals surface area contributed by atoms with Crippen LogP contribution in [0.1, 0.15) is 39.1 Å². The zero-order valence-electron chi connectivity index (χ0n) is 13.3. The van der Waals surface area contributed by atoms with E-state index in [1.165, 1.54) is 0 Å². The predicted octanol–water partition coefficient (Wildman–Crippen LogP) is 2.56. The van der Waals surface area contributed by atoms with E-state index in [1.807, 2.05) is 0 Å². The van der Waals surface area contributed by atoms with Crippen LogP contribution in [0.2, 0.25) is 0 Å². The summed E-state index contributed by atoms with van der Waals surface area (Å²) in [5.74, 6) is 0. The van der Waals surface area contributed by atoms with E-state index >= 15 is 0 Å². The minimum atomic E-state index is -0.599. The van der Waals surface area contributed by atoms with E-state index in [2.05, 4.69) is 0 Å². The van der Waals surface area contributed by atoms with Gasteiger partial charge in [-0.2, -0.15) is 0 Å². The molecule has 0 spiro atoms. The highest BCUT2D eigenvalue weighted by Crippen LogP contribution is 2.26. The molecule has 0 aromatic heterocycles. The van der Waals surface area contributed by atoms with Crippen molar-refractivity contribution in [2.45, 2.75) is 32.2 Å². The number of rotatable bonds is 1. The van der Waals surface area contributed by atoms with E-state index in [4.69, 9.17) is 6.85 Å². The third-order valence-corrected chi connectivity index (χ3v) is 2.56. The van der Waals surface area contributed by atoms with Crippen LogP contribution in [0.15, 0.2) is 30.2 Å². The molecule has 0 bridgehead atoms. The van der Waals surface area contributed by atoms with Gasteiger partial charge in [-0.1, -0.05) is 18.1 Å². The first kappa shape index (κ1) is 4.96. The van der Waals surface area contributed by atoms with Crippen LogP contribution in [0.25, 0.3) is 0 Å². The Morgan fingerprint density at radius 2 is 2.00 bits per heavy atom. The van der Waals surface area contributed by atoms with Crippen molar-refractivity contribution in [2.75, 3.05) is 0 Å². The average Bonchev–Trinajstić information content (AvgIpc) is 2.61. The summed E-state index contributed by atoms with van der Waals surface area (Å²) >= 11 is 0. The van der Waals surface area contributed by atoms with Crippen LogP contribution in [0.5, 0.6) is 0 Å². The summed E-state index contributed by atoms with van der Waals surface area (Å²) < 4.78 is 39.3. The molecule has 0 radical (unpaired) electrons. The highest BCUT2D eigenvalue weighted by atomic mass is 16.5. The lowest BCUT2D eigenvalue weighted by Gasteiger charge is -2.18. The fraction of sp³-hybridized carbons (Fsp3) is 0.417. The summed E-state index contributed by atoms with van der Waals surface area (Å²) in [6, 6.07) is -1.85. The van der Waals surface area contributed by atoms with Gasteiger partial charge in [-0.3, -0.25) is 0 Å². The molecule has 0 N–H and O–H groups in total. The monoisotopic (exact) mass is 194 g/mol. The van der Waals surface area contributed by atoms with E-state index in [0.29, 0.717) is 12.8 Å². The van der Waals surface area contributed by atoms with E-state index in [1.54, 1.807) is 13.8 Å². The molecule has 1 aliphatic rings. The quantitative estimate of drug-likeness (QED) is 0.498.